The summed E-state index contributed by atoms with van der Waals surface area (Å²) >= 11 is 0. The molecule has 1 aromatic heterocycles. The first-order chi connectivity index (χ1) is 9.52. The molecule has 2 rings (SSSR count). The van der Waals surface area contributed by atoms with E-state index >= 15 is 0 Å². The third-order valence-corrected chi connectivity index (χ3v) is 3.96. The van der Waals surface area contributed by atoms with Crippen LogP contribution in [-0.2, 0) is 11.8 Å². The number of aryl methyl sites for hydroxylation is 2. The minimum absolute atomic E-state index is 0.0487. The molecule has 1 aliphatic rings. The van der Waals surface area contributed by atoms with Gasteiger partial charge in [-0.25, -0.2) is 0 Å². The number of rotatable bonds is 4. The van der Waals surface area contributed by atoms with Crippen LogP contribution in [-0.4, -0.2) is 53.4 Å². The smallest absolute Gasteiger partial charge is 0.260 e. The number of aromatic nitrogens is 2. The normalized spacial score (nSPS) is 19.2. The monoisotopic (exact) mass is 280 g/mol. The number of ether oxygens (including phenoxy) is 1. The summed E-state index contributed by atoms with van der Waals surface area (Å²) in [6, 6.07) is 0.398. The first kappa shape index (κ1) is 14.8. The zero-order valence-corrected chi connectivity index (χ0v) is 12.8. The van der Waals surface area contributed by atoms with Crippen molar-refractivity contribution in [1.29, 1.82) is 0 Å². The van der Waals surface area contributed by atoms with Gasteiger partial charge in [-0.05, 0) is 33.7 Å². The maximum atomic E-state index is 12.2. The van der Waals surface area contributed by atoms with Crippen molar-refractivity contribution in [1.82, 2.24) is 20.0 Å². The number of likely N-dealkylation sites (N-methyl/N-ethyl adjacent to an activating group) is 1. The lowest BCUT2D eigenvalue weighted by molar-refractivity contribution is -0.134. The van der Waals surface area contributed by atoms with Gasteiger partial charge in [-0.3, -0.25) is 9.48 Å². The number of amides is 1. The molecule has 1 fully saturated rings. The number of hydrogen-bond acceptors (Lipinski definition) is 4. The van der Waals surface area contributed by atoms with Crippen LogP contribution >= 0.6 is 0 Å². The average molecular weight is 280 g/mol. The van der Waals surface area contributed by atoms with Crippen molar-refractivity contribution in [2.45, 2.75) is 32.7 Å². The van der Waals surface area contributed by atoms with Gasteiger partial charge in [0.15, 0.2) is 12.4 Å². The van der Waals surface area contributed by atoms with Crippen LogP contribution in [0.2, 0.25) is 0 Å². The SMILES string of the molecule is CN[C@H]1CCCN(C(=O)COc2c(C)nn(C)c2C)C1. The summed E-state index contributed by atoms with van der Waals surface area (Å²) in [4.78, 5) is 14.1. The highest BCUT2D eigenvalue weighted by Gasteiger charge is 2.23. The average Bonchev–Trinajstić information content (AvgIpc) is 2.70. The maximum Gasteiger partial charge on any atom is 0.260 e. The van der Waals surface area contributed by atoms with Gasteiger partial charge in [0.05, 0.1) is 5.69 Å². The zero-order chi connectivity index (χ0) is 14.7. The van der Waals surface area contributed by atoms with Crippen molar-refractivity contribution in [3.8, 4) is 5.75 Å². The summed E-state index contributed by atoms with van der Waals surface area (Å²) in [5.74, 6) is 0.774. The molecular formula is C14H24N4O2. The van der Waals surface area contributed by atoms with Gasteiger partial charge in [0, 0.05) is 26.2 Å². The molecule has 0 spiro atoms. The van der Waals surface area contributed by atoms with Gasteiger partial charge in [-0.15, -0.1) is 0 Å². The minimum Gasteiger partial charge on any atom is -0.480 e. The van der Waals surface area contributed by atoms with Crippen molar-refractivity contribution in [3.63, 3.8) is 0 Å². The van der Waals surface area contributed by atoms with Crippen LogP contribution in [0, 0.1) is 13.8 Å². The molecule has 0 saturated carbocycles. The highest BCUT2D eigenvalue weighted by molar-refractivity contribution is 5.78. The summed E-state index contributed by atoms with van der Waals surface area (Å²) < 4.78 is 7.45. The Labute approximate surface area is 120 Å². The predicted molar refractivity (Wildman–Crippen MR) is 76.8 cm³/mol. The lowest BCUT2D eigenvalue weighted by Gasteiger charge is -2.32. The van der Waals surface area contributed by atoms with Gasteiger partial charge >= 0.3 is 0 Å². The summed E-state index contributed by atoms with van der Waals surface area (Å²) in [6.07, 6.45) is 2.17. The van der Waals surface area contributed by atoms with E-state index in [-0.39, 0.29) is 12.5 Å². The van der Waals surface area contributed by atoms with E-state index < -0.39 is 0 Å². The molecule has 0 unspecified atom stereocenters. The molecule has 20 heavy (non-hydrogen) atoms. The second-order valence-electron chi connectivity index (χ2n) is 5.38. The predicted octanol–water partition coefficient (Wildman–Crippen LogP) is 0.626. The highest BCUT2D eigenvalue weighted by atomic mass is 16.5. The largest absolute Gasteiger partial charge is 0.480 e. The maximum absolute atomic E-state index is 12.2. The Bertz CT molecular complexity index is 484. The van der Waals surface area contributed by atoms with Crippen LogP contribution < -0.4 is 10.1 Å². The first-order valence-electron chi connectivity index (χ1n) is 7.11. The molecule has 0 aliphatic carbocycles. The van der Waals surface area contributed by atoms with E-state index in [4.69, 9.17) is 4.74 Å². The van der Waals surface area contributed by atoms with Gasteiger partial charge in [0.2, 0.25) is 0 Å². The lowest BCUT2D eigenvalue weighted by atomic mass is 10.1. The topological polar surface area (TPSA) is 59.4 Å². The number of carbonyl (C=O) groups excluding carboxylic acids is 1. The molecule has 1 atom stereocenters. The van der Waals surface area contributed by atoms with E-state index in [0.29, 0.717) is 6.04 Å². The van der Waals surface area contributed by atoms with Crippen LogP contribution in [0.1, 0.15) is 24.2 Å². The van der Waals surface area contributed by atoms with E-state index in [1.165, 1.54) is 0 Å². The van der Waals surface area contributed by atoms with Gasteiger partial charge in [0.1, 0.15) is 5.69 Å². The number of nitrogens with zero attached hydrogens (tertiary/aromatic N) is 3. The number of carbonyl (C=O) groups is 1. The molecule has 0 radical (unpaired) electrons. The molecule has 6 heteroatoms. The Morgan fingerprint density at radius 2 is 2.25 bits per heavy atom. The van der Waals surface area contributed by atoms with Gasteiger partial charge in [-0.2, -0.15) is 5.10 Å². The number of piperidine rings is 1. The minimum atomic E-state index is 0.0487. The van der Waals surface area contributed by atoms with E-state index in [1.54, 1.807) is 4.68 Å². The molecule has 1 aliphatic heterocycles. The molecule has 1 aromatic rings. The Hall–Kier alpha value is -1.56. The van der Waals surface area contributed by atoms with Gasteiger partial charge in [0.25, 0.3) is 5.91 Å². The Morgan fingerprint density at radius 3 is 2.85 bits per heavy atom. The Balaban J connectivity index is 1.91. The summed E-state index contributed by atoms with van der Waals surface area (Å²) in [6.45, 7) is 5.52. The quantitative estimate of drug-likeness (QED) is 0.878. The molecule has 1 amide bonds. The van der Waals surface area contributed by atoms with E-state index in [0.717, 1.165) is 43.1 Å². The van der Waals surface area contributed by atoms with E-state index in [1.807, 2.05) is 32.8 Å². The van der Waals surface area contributed by atoms with Crippen molar-refractivity contribution in [2.75, 3.05) is 26.7 Å². The van der Waals surface area contributed by atoms with Crippen molar-refractivity contribution in [2.24, 2.45) is 7.05 Å². The third kappa shape index (κ3) is 3.12. The molecule has 1 N–H and O–H groups in total. The van der Waals surface area contributed by atoms with Gasteiger partial charge in [-0.1, -0.05) is 0 Å². The molecule has 1 saturated heterocycles. The third-order valence-electron chi connectivity index (χ3n) is 3.96. The second kappa shape index (κ2) is 6.26. The number of likely N-dealkylation sites (tertiary alicyclic amines) is 1. The second-order valence-corrected chi connectivity index (χ2v) is 5.38. The van der Waals surface area contributed by atoms with Gasteiger partial charge < -0.3 is 15.0 Å². The van der Waals surface area contributed by atoms with Crippen LogP contribution in [0.15, 0.2) is 0 Å². The molecule has 6 nitrogen and oxygen atoms in total. The Kier molecular flexibility index (Phi) is 4.65. The van der Waals surface area contributed by atoms with Crippen LogP contribution in [0.4, 0.5) is 0 Å². The molecular weight excluding hydrogens is 256 g/mol. The first-order valence-corrected chi connectivity index (χ1v) is 7.11. The summed E-state index contributed by atoms with van der Waals surface area (Å²) in [7, 11) is 3.82. The van der Waals surface area contributed by atoms with Crippen LogP contribution in [0.3, 0.4) is 0 Å². The molecule has 0 aromatic carbocycles. The molecule has 112 valence electrons. The van der Waals surface area contributed by atoms with Crippen molar-refractivity contribution < 1.29 is 9.53 Å². The fourth-order valence-electron chi connectivity index (χ4n) is 2.63. The Morgan fingerprint density at radius 1 is 1.50 bits per heavy atom. The highest BCUT2D eigenvalue weighted by Crippen LogP contribution is 2.21. The molecule has 2 heterocycles. The van der Waals surface area contributed by atoms with Crippen molar-refractivity contribution in [3.05, 3.63) is 11.4 Å². The summed E-state index contributed by atoms with van der Waals surface area (Å²) in [5.41, 5.74) is 1.77. The fourth-order valence-corrected chi connectivity index (χ4v) is 2.63. The fraction of sp³-hybridized carbons (Fsp3) is 0.714. The van der Waals surface area contributed by atoms with E-state index in [2.05, 4.69) is 10.4 Å². The standard InChI is InChI=1S/C14H24N4O2/c1-10-14(11(2)17(4)16-10)20-9-13(19)18-7-5-6-12(8-18)15-3/h12,15H,5-9H2,1-4H3/t12-/m0/s1. The lowest BCUT2D eigenvalue weighted by Crippen LogP contribution is -2.48. The van der Waals surface area contributed by atoms with Crippen LogP contribution in [0.25, 0.3) is 0 Å². The van der Waals surface area contributed by atoms with Crippen LogP contribution in [0.5, 0.6) is 5.75 Å². The number of hydrogen-bond donors (Lipinski definition) is 1. The zero-order valence-electron chi connectivity index (χ0n) is 12.8. The van der Waals surface area contributed by atoms with E-state index in [9.17, 15) is 4.79 Å². The summed E-state index contributed by atoms with van der Waals surface area (Å²) in [5, 5.41) is 7.52. The number of nitrogens with one attached hydrogen (secondary N) is 1. The molecule has 0 bridgehead atoms. The van der Waals surface area contributed by atoms with Crippen molar-refractivity contribution >= 4 is 5.91 Å².